The molecule has 0 amide bonds. The number of halogens is 3. The fourth-order valence-electron chi connectivity index (χ4n) is 1.58. The first-order valence-electron chi connectivity index (χ1n) is 5.33. The van der Waals surface area contributed by atoms with Crippen LogP contribution in [-0.4, -0.2) is 23.4 Å². The number of primary sulfonamides is 2. The van der Waals surface area contributed by atoms with Crippen molar-refractivity contribution in [1.82, 2.24) is 0 Å². The van der Waals surface area contributed by atoms with E-state index in [1.54, 1.807) is 0 Å². The summed E-state index contributed by atoms with van der Waals surface area (Å²) < 4.78 is 84.0. The summed E-state index contributed by atoms with van der Waals surface area (Å²) in [7, 11) is -9.25. The zero-order chi connectivity index (χ0) is 16.6. The summed E-state index contributed by atoms with van der Waals surface area (Å²) in [6.07, 6.45) is -5.04. The molecule has 0 atom stereocenters. The lowest BCUT2D eigenvalue weighted by molar-refractivity contribution is -0.139. The number of alkyl halides is 3. The molecule has 21 heavy (non-hydrogen) atoms. The van der Waals surface area contributed by atoms with Gasteiger partial charge in [0.15, 0.2) is 0 Å². The quantitative estimate of drug-likeness (QED) is 0.726. The zero-order valence-corrected chi connectivity index (χ0v) is 12.2. The third-order valence-corrected chi connectivity index (χ3v) is 4.27. The highest BCUT2D eigenvalue weighted by Crippen LogP contribution is 2.38. The molecular weight excluding hydrogens is 335 g/mol. The first kappa shape index (κ1) is 17.7. The van der Waals surface area contributed by atoms with Crippen LogP contribution in [0.25, 0.3) is 0 Å². The minimum Gasteiger partial charge on any atom is -0.384 e. The Morgan fingerprint density at radius 1 is 1.05 bits per heavy atom. The number of hydrogen-bond donors (Lipinski definition) is 3. The monoisotopic (exact) mass is 347 g/mol. The van der Waals surface area contributed by atoms with Gasteiger partial charge in [-0.25, -0.2) is 27.1 Å². The molecule has 5 N–H and O–H groups in total. The van der Waals surface area contributed by atoms with E-state index in [4.69, 9.17) is 10.3 Å². The summed E-state index contributed by atoms with van der Waals surface area (Å²) >= 11 is 0. The van der Waals surface area contributed by atoms with E-state index in [1.165, 1.54) is 6.92 Å². The Morgan fingerprint density at radius 3 is 1.86 bits per heavy atom. The molecule has 0 radical (unpaired) electrons. The largest absolute Gasteiger partial charge is 0.417 e. The van der Waals surface area contributed by atoms with Crippen LogP contribution in [0.3, 0.4) is 0 Å². The summed E-state index contributed by atoms with van der Waals surface area (Å²) in [4.78, 5) is -2.15. The smallest absolute Gasteiger partial charge is 0.384 e. The van der Waals surface area contributed by atoms with Crippen molar-refractivity contribution in [3.05, 3.63) is 17.7 Å². The van der Waals surface area contributed by atoms with Gasteiger partial charge < -0.3 is 5.32 Å². The van der Waals surface area contributed by atoms with Crippen molar-refractivity contribution in [2.24, 2.45) is 10.3 Å². The van der Waals surface area contributed by atoms with Gasteiger partial charge in [0.1, 0.15) is 4.90 Å². The lowest BCUT2D eigenvalue weighted by Crippen LogP contribution is -2.22. The Bertz CT molecular complexity index is 757. The van der Waals surface area contributed by atoms with E-state index in [1.807, 2.05) is 0 Å². The molecule has 1 rings (SSSR count). The van der Waals surface area contributed by atoms with Gasteiger partial charge in [0.2, 0.25) is 20.0 Å². The molecule has 0 aliphatic carbocycles. The van der Waals surface area contributed by atoms with Crippen molar-refractivity contribution >= 4 is 25.7 Å². The SMILES string of the molecule is CCNc1cc(C(F)(F)F)c(S(N)(=O)=O)cc1S(N)(=O)=O. The van der Waals surface area contributed by atoms with Crippen LogP contribution in [0.5, 0.6) is 0 Å². The molecule has 0 fully saturated rings. The molecule has 0 unspecified atom stereocenters. The van der Waals surface area contributed by atoms with Crippen LogP contribution in [0.4, 0.5) is 18.9 Å². The van der Waals surface area contributed by atoms with Crippen molar-refractivity contribution in [2.75, 3.05) is 11.9 Å². The number of sulfonamides is 2. The number of hydrogen-bond acceptors (Lipinski definition) is 5. The van der Waals surface area contributed by atoms with Gasteiger partial charge in [0, 0.05) is 6.54 Å². The van der Waals surface area contributed by atoms with Crippen LogP contribution in [-0.2, 0) is 26.2 Å². The van der Waals surface area contributed by atoms with Gasteiger partial charge in [0.25, 0.3) is 0 Å². The highest BCUT2D eigenvalue weighted by molar-refractivity contribution is 7.90. The topological polar surface area (TPSA) is 132 Å². The summed E-state index contributed by atoms with van der Waals surface area (Å²) in [6.45, 7) is 1.60. The number of rotatable bonds is 4. The third kappa shape index (κ3) is 4.06. The van der Waals surface area contributed by atoms with E-state index >= 15 is 0 Å². The number of nitrogens with one attached hydrogen (secondary N) is 1. The molecule has 12 heteroatoms. The van der Waals surface area contributed by atoms with Crippen molar-refractivity contribution in [3.63, 3.8) is 0 Å². The Morgan fingerprint density at radius 2 is 1.52 bits per heavy atom. The molecule has 7 nitrogen and oxygen atoms in total. The van der Waals surface area contributed by atoms with E-state index < -0.39 is 47.3 Å². The van der Waals surface area contributed by atoms with Gasteiger partial charge in [0.05, 0.1) is 16.1 Å². The zero-order valence-electron chi connectivity index (χ0n) is 10.6. The minimum absolute atomic E-state index is 0.0918. The van der Waals surface area contributed by atoms with Crippen LogP contribution >= 0.6 is 0 Å². The molecule has 0 saturated heterocycles. The third-order valence-electron chi connectivity index (χ3n) is 2.37. The summed E-state index contributed by atoms with van der Waals surface area (Å²) in [5.41, 5.74) is -2.03. The summed E-state index contributed by atoms with van der Waals surface area (Å²) in [5, 5.41) is 12.0. The Hall–Kier alpha value is -1.37. The van der Waals surface area contributed by atoms with Gasteiger partial charge >= 0.3 is 6.18 Å². The van der Waals surface area contributed by atoms with Gasteiger partial charge in [-0.15, -0.1) is 0 Å². The molecule has 0 saturated carbocycles. The molecule has 1 aromatic carbocycles. The molecule has 0 spiro atoms. The normalized spacial score (nSPS) is 13.2. The maximum Gasteiger partial charge on any atom is 0.417 e. The summed E-state index contributed by atoms with van der Waals surface area (Å²) in [5.74, 6) is 0. The molecule has 0 bridgehead atoms. The lowest BCUT2D eigenvalue weighted by Gasteiger charge is -2.16. The van der Waals surface area contributed by atoms with E-state index in [0.717, 1.165) is 0 Å². The Balaban J connectivity index is 3.88. The molecular formula is C9H12F3N3O4S2. The molecule has 0 aliphatic heterocycles. The van der Waals surface area contributed by atoms with Crippen molar-refractivity contribution in [1.29, 1.82) is 0 Å². The standard InChI is InChI=1S/C9H12F3N3O4S2/c1-2-15-6-3-5(9(10,11)12)7(20(13,16)17)4-8(6)21(14,18)19/h3-4,15H,2H2,1H3,(H2,13,16,17)(H2,14,18,19). The Kier molecular flexibility index (Phi) is 4.58. The fourth-order valence-corrected chi connectivity index (χ4v) is 3.14. The maximum atomic E-state index is 12.9. The van der Waals surface area contributed by atoms with Crippen LogP contribution in [0, 0.1) is 0 Å². The Labute approximate surface area is 119 Å². The molecule has 0 aliphatic rings. The molecule has 0 aromatic heterocycles. The number of anilines is 1. The van der Waals surface area contributed by atoms with Crippen molar-refractivity contribution < 1.29 is 30.0 Å². The molecule has 0 heterocycles. The molecule has 1 aromatic rings. The second-order valence-corrected chi connectivity index (χ2v) is 7.02. The first-order valence-corrected chi connectivity index (χ1v) is 8.42. The van der Waals surface area contributed by atoms with Gasteiger partial charge in [-0.3, -0.25) is 0 Å². The van der Waals surface area contributed by atoms with Gasteiger partial charge in [-0.05, 0) is 19.1 Å². The highest BCUT2D eigenvalue weighted by atomic mass is 32.2. The van der Waals surface area contributed by atoms with Gasteiger partial charge in [-0.1, -0.05) is 0 Å². The van der Waals surface area contributed by atoms with Crippen LogP contribution in [0.2, 0.25) is 0 Å². The van der Waals surface area contributed by atoms with Crippen LogP contribution in [0.15, 0.2) is 21.9 Å². The van der Waals surface area contributed by atoms with Crippen molar-refractivity contribution in [2.45, 2.75) is 22.9 Å². The maximum absolute atomic E-state index is 12.9. The predicted molar refractivity (Wildman–Crippen MR) is 68.4 cm³/mol. The van der Waals surface area contributed by atoms with E-state index in [0.29, 0.717) is 12.1 Å². The van der Waals surface area contributed by atoms with Gasteiger partial charge in [-0.2, -0.15) is 13.2 Å². The second kappa shape index (κ2) is 5.44. The lowest BCUT2D eigenvalue weighted by atomic mass is 10.2. The average Bonchev–Trinajstić information content (AvgIpc) is 2.24. The number of nitrogens with two attached hydrogens (primary N) is 2. The second-order valence-electron chi connectivity index (χ2n) is 3.96. The average molecular weight is 347 g/mol. The molecule has 120 valence electrons. The summed E-state index contributed by atoms with van der Waals surface area (Å²) in [6, 6.07) is 0.647. The fraction of sp³-hybridized carbons (Fsp3) is 0.333. The van der Waals surface area contributed by atoms with Crippen LogP contribution < -0.4 is 15.6 Å². The van der Waals surface area contributed by atoms with Crippen LogP contribution in [0.1, 0.15) is 12.5 Å². The van der Waals surface area contributed by atoms with E-state index in [-0.39, 0.29) is 6.54 Å². The number of benzene rings is 1. The van der Waals surface area contributed by atoms with E-state index in [9.17, 15) is 30.0 Å². The van der Waals surface area contributed by atoms with E-state index in [2.05, 4.69) is 5.32 Å². The highest BCUT2D eigenvalue weighted by Gasteiger charge is 2.38. The predicted octanol–water partition coefficient (Wildman–Crippen LogP) is 0.432. The minimum atomic E-state index is -5.04. The van der Waals surface area contributed by atoms with Crippen molar-refractivity contribution in [3.8, 4) is 0 Å². The first-order chi connectivity index (χ1) is 9.28.